The second-order valence-corrected chi connectivity index (χ2v) is 5.88. The molecule has 1 unspecified atom stereocenters. The molecule has 0 bridgehead atoms. The van der Waals surface area contributed by atoms with E-state index in [9.17, 15) is 9.90 Å². The lowest BCUT2D eigenvalue weighted by Gasteiger charge is -2.36. The average molecular weight is 308 g/mol. The van der Waals surface area contributed by atoms with Gasteiger partial charge in [-0.3, -0.25) is 4.79 Å². The van der Waals surface area contributed by atoms with Crippen LogP contribution in [0.25, 0.3) is 0 Å². The van der Waals surface area contributed by atoms with Crippen LogP contribution in [0.5, 0.6) is 17.2 Å². The third-order valence-electron chi connectivity index (χ3n) is 4.59. The van der Waals surface area contributed by atoms with Gasteiger partial charge in [-0.1, -0.05) is 6.92 Å². The monoisotopic (exact) mass is 308 g/mol. The first kappa shape index (κ1) is 16.6. The molecule has 0 amide bonds. The van der Waals surface area contributed by atoms with Gasteiger partial charge in [0, 0.05) is 16.7 Å². The lowest BCUT2D eigenvalue weighted by Crippen LogP contribution is -2.33. The maximum atomic E-state index is 11.9. The predicted molar refractivity (Wildman–Crippen MR) is 82.8 cm³/mol. The zero-order valence-corrected chi connectivity index (χ0v) is 14.0. The Balaban J connectivity index is 2.78. The van der Waals surface area contributed by atoms with Crippen molar-refractivity contribution in [1.29, 1.82) is 0 Å². The first-order chi connectivity index (χ1) is 10.4. The average Bonchev–Trinajstić information content (AvgIpc) is 2.46. The van der Waals surface area contributed by atoms with Gasteiger partial charge in [-0.25, -0.2) is 0 Å². The predicted octanol–water partition coefficient (Wildman–Crippen LogP) is 2.45. The summed E-state index contributed by atoms with van der Waals surface area (Å²) in [6, 6.07) is 0. The van der Waals surface area contributed by atoms with Crippen LogP contribution in [0.2, 0.25) is 0 Å². The Hall–Kier alpha value is -1.75. The molecule has 1 aliphatic carbocycles. The van der Waals surface area contributed by atoms with Crippen LogP contribution in [0.1, 0.15) is 36.6 Å². The molecular weight excluding hydrogens is 284 g/mol. The topological polar surface area (TPSA) is 65.0 Å². The summed E-state index contributed by atoms with van der Waals surface area (Å²) >= 11 is 0. The van der Waals surface area contributed by atoms with Gasteiger partial charge >= 0.3 is 0 Å². The van der Waals surface area contributed by atoms with Crippen LogP contribution >= 0.6 is 0 Å². The second-order valence-electron chi connectivity index (χ2n) is 5.88. The van der Waals surface area contributed by atoms with Crippen LogP contribution in [0.15, 0.2) is 0 Å². The van der Waals surface area contributed by atoms with Crippen molar-refractivity contribution in [3.63, 3.8) is 0 Å². The zero-order chi connectivity index (χ0) is 16.6. The summed E-state index contributed by atoms with van der Waals surface area (Å²) < 4.78 is 16.5. The van der Waals surface area contributed by atoms with E-state index < -0.39 is 12.0 Å². The van der Waals surface area contributed by atoms with E-state index in [0.29, 0.717) is 29.2 Å². The van der Waals surface area contributed by atoms with Crippen LogP contribution < -0.4 is 14.2 Å². The maximum absolute atomic E-state index is 11.9. The Morgan fingerprint density at radius 1 is 1.09 bits per heavy atom. The Morgan fingerprint density at radius 2 is 1.64 bits per heavy atom. The van der Waals surface area contributed by atoms with E-state index in [1.165, 1.54) is 6.92 Å². The fourth-order valence-corrected chi connectivity index (χ4v) is 3.67. The van der Waals surface area contributed by atoms with Crippen LogP contribution in [0.3, 0.4) is 0 Å². The van der Waals surface area contributed by atoms with Crippen molar-refractivity contribution in [1.82, 2.24) is 0 Å². The molecule has 0 aliphatic heterocycles. The number of aliphatic hydroxyl groups is 1. The normalized spacial score (nSPS) is 23.7. The Kier molecular flexibility index (Phi) is 4.66. The molecule has 0 aromatic heterocycles. The largest absolute Gasteiger partial charge is 0.496 e. The highest BCUT2D eigenvalue weighted by Crippen LogP contribution is 2.52. The van der Waals surface area contributed by atoms with Crippen LogP contribution in [0.4, 0.5) is 0 Å². The van der Waals surface area contributed by atoms with Gasteiger partial charge in [0.2, 0.25) is 0 Å². The SMILES string of the molecule is COc1c(C)c(OC)c2c(c1OC)CC(C)[C@@H](C(C)=O)[C@H]2O. The quantitative estimate of drug-likeness (QED) is 0.925. The molecule has 1 N–H and O–H groups in total. The summed E-state index contributed by atoms with van der Waals surface area (Å²) in [6.45, 7) is 5.35. The van der Waals surface area contributed by atoms with E-state index >= 15 is 0 Å². The molecular formula is C17H24O5. The lowest BCUT2D eigenvalue weighted by molar-refractivity contribution is -0.127. The van der Waals surface area contributed by atoms with Gasteiger partial charge in [0.05, 0.1) is 33.4 Å². The summed E-state index contributed by atoms with van der Waals surface area (Å²) in [6.07, 6.45) is -0.267. The highest BCUT2D eigenvalue weighted by Gasteiger charge is 2.41. The van der Waals surface area contributed by atoms with Crippen LogP contribution in [0, 0.1) is 18.8 Å². The van der Waals surface area contributed by atoms with E-state index in [-0.39, 0.29) is 11.7 Å². The van der Waals surface area contributed by atoms with Crippen LogP contribution in [-0.4, -0.2) is 32.2 Å². The van der Waals surface area contributed by atoms with E-state index in [1.807, 2.05) is 13.8 Å². The lowest BCUT2D eigenvalue weighted by atomic mass is 9.72. The molecule has 0 saturated heterocycles. The standard InChI is InChI=1S/C17H24O5/c1-8-7-11-13(14(19)12(8)10(3)18)15(20-4)9(2)16(21-5)17(11)22-6/h8,12,14,19H,7H2,1-6H3/t8?,12-,14+/m0/s1. The number of carbonyl (C=O) groups is 1. The van der Waals surface area contributed by atoms with Crippen molar-refractivity contribution >= 4 is 5.78 Å². The number of hydrogen-bond acceptors (Lipinski definition) is 5. The highest BCUT2D eigenvalue weighted by molar-refractivity contribution is 5.81. The summed E-state index contributed by atoms with van der Waals surface area (Å²) in [5, 5.41) is 10.8. The molecule has 5 nitrogen and oxygen atoms in total. The summed E-state index contributed by atoms with van der Waals surface area (Å²) in [4.78, 5) is 11.9. The number of fused-ring (bicyclic) bond motifs is 1. The molecule has 5 heteroatoms. The molecule has 0 heterocycles. The fourth-order valence-electron chi connectivity index (χ4n) is 3.67. The smallest absolute Gasteiger partial charge is 0.167 e. The highest BCUT2D eigenvalue weighted by atomic mass is 16.5. The Bertz CT molecular complexity index is 593. The molecule has 1 aromatic carbocycles. The first-order valence-electron chi connectivity index (χ1n) is 7.38. The number of ether oxygens (including phenoxy) is 3. The number of aliphatic hydroxyl groups excluding tert-OH is 1. The number of ketones is 1. The van der Waals surface area contributed by atoms with E-state index in [2.05, 4.69) is 0 Å². The number of benzene rings is 1. The maximum Gasteiger partial charge on any atom is 0.167 e. The molecule has 0 fully saturated rings. The molecule has 1 aliphatic rings. The molecule has 3 atom stereocenters. The van der Waals surface area contributed by atoms with Crippen molar-refractivity contribution in [3.8, 4) is 17.2 Å². The van der Waals surface area contributed by atoms with Gasteiger partial charge in [0.15, 0.2) is 11.5 Å². The Labute approximate surface area is 131 Å². The Morgan fingerprint density at radius 3 is 2.09 bits per heavy atom. The number of carbonyl (C=O) groups excluding carboxylic acids is 1. The van der Waals surface area contributed by atoms with Gasteiger partial charge in [-0.15, -0.1) is 0 Å². The number of Topliss-reactive ketones (excluding diaryl/α,β-unsaturated/α-hetero) is 1. The van der Waals surface area contributed by atoms with Crippen molar-refractivity contribution in [2.75, 3.05) is 21.3 Å². The first-order valence-corrected chi connectivity index (χ1v) is 7.38. The third-order valence-corrected chi connectivity index (χ3v) is 4.59. The number of methoxy groups -OCH3 is 3. The van der Waals surface area contributed by atoms with Gasteiger partial charge in [0.25, 0.3) is 0 Å². The summed E-state index contributed by atoms with van der Waals surface area (Å²) in [7, 11) is 4.72. The molecule has 22 heavy (non-hydrogen) atoms. The number of hydrogen-bond donors (Lipinski definition) is 1. The van der Waals surface area contributed by atoms with E-state index in [1.54, 1.807) is 21.3 Å². The molecule has 1 aromatic rings. The minimum Gasteiger partial charge on any atom is -0.496 e. The minimum absolute atomic E-state index is 0.0138. The zero-order valence-electron chi connectivity index (χ0n) is 14.0. The molecule has 0 spiro atoms. The van der Waals surface area contributed by atoms with Crippen molar-refractivity contribution in [3.05, 3.63) is 16.7 Å². The van der Waals surface area contributed by atoms with Crippen molar-refractivity contribution in [2.45, 2.75) is 33.3 Å². The van der Waals surface area contributed by atoms with Gasteiger partial charge in [0.1, 0.15) is 11.5 Å². The third kappa shape index (κ3) is 2.33. The van der Waals surface area contributed by atoms with Gasteiger partial charge < -0.3 is 19.3 Å². The molecule has 0 saturated carbocycles. The van der Waals surface area contributed by atoms with Gasteiger partial charge in [-0.05, 0) is 26.2 Å². The summed E-state index contributed by atoms with van der Waals surface area (Å²) in [5.41, 5.74) is 2.27. The molecule has 2 rings (SSSR count). The molecule has 0 radical (unpaired) electrons. The second kappa shape index (κ2) is 6.16. The molecule has 122 valence electrons. The minimum atomic E-state index is -0.898. The van der Waals surface area contributed by atoms with Crippen LogP contribution in [-0.2, 0) is 11.2 Å². The number of rotatable bonds is 4. The fraction of sp³-hybridized carbons (Fsp3) is 0.588. The van der Waals surface area contributed by atoms with E-state index in [4.69, 9.17) is 14.2 Å². The van der Waals surface area contributed by atoms with Crippen molar-refractivity contribution < 1.29 is 24.1 Å². The van der Waals surface area contributed by atoms with Crippen molar-refractivity contribution in [2.24, 2.45) is 11.8 Å². The van der Waals surface area contributed by atoms with Gasteiger partial charge in [-0.2, -0.15) is 0 Å². The van der Waals surface area contributed by atoms with E-state index in [0.717, 1.165) is 11.1 Å². The summed E-state index contributed by atoms with van der Waals surface area (Å²) in [5.74, 6) is 1.37.